The molecule has 1 aromatic carbocycles. The predicted octanol–water partition coefficient (Wildman–Crippen LogP) is 0.516. The van der Waals surface area contributed by atoms with Crippen LogP contribution in [0.4, 0.5) is 0 Å². The fourth-order valence-corrected chi connectivity index (χ4v) is 4.89. The zero-order chi connectivity index (χ0) is 17.3. The molecule has 1 fully saturated rings. The van der Waals surface area contributed by atoms with E-state index in [9.17, 15) is 18.0 Å². The van der Waals surface area contributed by atoms with E-state index in [1.165, 1.54) is 0 Å². The lowest BCUT2D eigenvalue weighted by Crippen LogP contribution is -2.36. The maximum atomic E-state index is 12.5. The lowest BCUT2D eigenvalue weighted by atomic mass is 10.2. The molecule has 0 saturated carbocycles. The molecule has 1 aliphatic heterocycles. The normalized spacial score (nSPS) is 19.6. The summed E-state index contributed by atoms with van der Waals surface area (Å²) in [7, 11) is -3.02. The van der Waals surface area contributed by atoms with E-state index in [1.54, 1.807) is 9.13 Å². The van der Waals surface area contributed by atoms with E-state index < -0.39 is 9.84 Å². The van der Waals surface area contributed by atoms with Crippen molar-refractivity contribution in [1.82, 2.24) is 14.5 Å². The number of sulfone groups is 1. The average Bonchev–Trinajstić information content (AvgIpc) is 3.01. The third-order valence-electron chi connectivity index (χ3n) is 4.40. The molecule has 24 heavy (non-hydrogen) atoms. The first-order chi connectivity index (χ1) is 11.4. The molecule has 0 aliphatic carbocycles. The van der Waals surface area contributed by atoms with Crippen LogP contribution in [-0.2, 0) is 27.7 Å². The van der Waals surface area contributed by atoms with Gasteiger partial charge < -0.3 is 5.32 Å². The van der Waals surface area contributed by atoms with E-state index in [2.05, 4.69) is 5.32 Å². The second-order valence-corrected chi connectivity index (χ2v) is 8.31. The quantitative estimate of drug-likeness (QED) is 0.850. The molecule has 1 N–H and O–H groups in total. The summed E-state index contributed by atoms with van der Waals surface area (Å²) in [5.41, 5.74) is 1.53. The van der Waals surface area contributed by atoms with E-state index in [0.717, 1.165) is 11.0 Å². The summed E-state index contributed by atoms with van der Waals surface area (Å²) in [6.45, 7) is 2.75. The Bertz CT molecular complexity index is 926. The minimum Gasteiger partial charge on any atom is -0.352 e. The number of hydrogen-bond acceptors (Lipinski definition) is 4. The number of nitrogens with one attached hydrogen (secondary N) is 1. The summed E-state index contributed by atoms with van der Waals surface area (Å²) in [6, 6.07) is 7.19. The smallest absolute Gasteiger partial charge is 0.329 e. The highest BCUT2D eigenvalue weighted by Gasteiger charge is 2.28. The Morgan fingerprint density at radius 2 is 1.92 bits per heavy atom. The maximum absolute atomic E-state index is 12.5. The van der Waals surface area contributed by atoms with Crippen LogP contribution in [0.5, 0.6) is 0 Å². The lowest BCUT2D eigenvalue weighted by molar-refractivity contribution is -0.121. The topological polar surface area (TPSA) is 90.2 Å². The van der Waals surface area contributed by atoms with Gasteiger partial charge in [-0.25, -0.2) is 13.2 Å². The number of hydrogen-bond donors (Lipinski definition) is 1. The molecule has 2 heterocycles. The van der Waals surface area contributed by atoms with Gasteiger partial charge >= 0.3 is 5.69 Å². The van der Waals surface area contributed by atoms with Crippen molar-refractivity contribution in [2.45, 2.75) is 38.9 Å². The molecule has 130 valence electrons. The number of imidazole rings is 1. The SMILES string of the molecule is CCn1c(=O)n(CCC(=O)N[C@@H]2CCS(=O)(=O)C2)c2ccccc21. The number of benzene rings is 1. The van der Waals surface area contributed by atoms with Crippen molar-refractivity contribution < 1.29 is 13.2 Å². The third-order valence-corrected chi connectivity index (χ3v) is 6.17. The van der Waals surface area contributed by atoms with E-state index in [0.29, 0.717) is 13.0 Å². The highest BCUT2D eigenvalue weighted by Crippen LogP contribution is 2.14. The van der Waals surface area contributed by atoms with Crippen LogP contribution in [0.25, 0.3) is 11.0 Å². The van der Waals surface area contributed by atoms with Crippen LogP contribution in [0.3, 0.4) is 0 Å². The van der Waals surface area contributed by atoms with Gasteiger partial charge in [0.05, 0.1) is 22.5 Å². The third kappa shape index (κ3) is 3.24. The zero-order valence-electron chi connectivity index (χ0n) is 13.6. The summed E-state index contributed by atoms with van der Waals surface area (Å²) >= 11 is 0. The van der Waals surface area contributed by atoms with Crippen molar-refractivity contribution >= 4 is 26.8 Å². The molecule has 0 radical (unpaired) electrons. The van der Waals surface area contributed by atoms with E-state index in [4.69, 9.17) is 0 Å². The van der Waals surface area contributed by atoms with Crippen LogP contribution in [0, 0.1) is 0 Å². The fourth-order valence-electron chi connectivity index (χ4n) is 3.22. The largest absolute Gasteiger partial charge is 0.352 e. The summed E-state index contributed by atoms with van der Waals surface area (Å²) in [5.74, 6) is -0.0905. The number of carbonyl (C=O) groups excluding carboxylic acids is 1. The standard InChI is InChI=1S/C16H21N3O4S/c1-2-18-13-5-3-4-6-14(13)19(16(18)21)9-7-15(20)17-12-8-10-24(22,23)11-12/h3-6,12H,2,7-11H2,1H3,(H,17,20)/t12-/m1/s1. The molecule has 7 nitrogen and oxygen atoms in total. The van der Waals surface area contributed by atoms with Crippen LogP contribution < -0.4 is 11.0 Å². The Morgan fingerprint density at radius 1 is 1.25 bits per heavy atom. The Labute approximate surface area is 140 Å². The van der Waals surface area contributed by atoms with Crippen LogP contribution >= 0.6 is 0 Å². The van der Waals surface area contributed by atoms with Gasteiger partial charge in [0.15, 0.2) is 9.84 Å². The van der Waals surface area contributed by atoms with Crippen molar-refractivity contribution in [2.24, 2.45) is 0 Å². The molecule has 1 saturated heterocycles. The second-order valence-electron chi connectivity index (χ2n) is 6.08. The minimum atomic E-state index is -3.02. The van der Waals surface area contributed by atoms with Crippen molar-refractivity contribution in [3.63, 3.8) is 0 Å². The van der Waals surface area contributed by atoms with E-state index in [1.807, 2.05) is 31.2 Å². The summed E-state index contributed by atoms with van der Waals surface area (Å²) in [5, 5.41) is 2.75. The Morgan fingerprint density at radius 3 is 2.50 bits per heavy atom. The van der Waals surface area contributed by atoms with Crippen molar-refractivity contribution in [1.29, 1.82) is 0 Å². The number of fused-ring (bicyclic) bond motifs is 1. The number of aromatic nitrogens is 2. The molecule has 1 aliphatic rings. The first-order valence-electron chi connectivity index (χ1n) is 8.09. The van der Waals surface area contributed by atoms with Crippen molar-refractivity contribution in [2.75, 3.05) is 11.5 Å². The molecule has 2 aromatic rings. The number of rotatable bonds is 5. The molecular formula is C16H21N3O4S. The highest BCUT2D eigenvalue weighted by molar-refractivity contribution is 7.91. The van der Waals surface area contributed by atoms with Crippen molar-refractivity contribution in [3.05, 3.63) is 34.7 Å². The first-order valence-corrected chi connectivity index (χ1v) is 9.91. The van der Waals surface area contributed by atoms with Gasteiger partial charge in [-0.05, 0) is 25.5 Å². The summed E-state index contributed by atoms with van der Waals surface area (Å²) in [6.07, 6.45) is 0.608. The van der Waals surface area contributed by atoms with Gasteiger partial charge in [0.2, 0.25) is 5.91 Å². The van der Waals surface area contributed by atoms with Gasteiger partial charge in [0.25, 0.3) is 0 Å². The van der Waals surface area contributed by atoms with E-state index >= 15 is 0 Å². The number of carbonyl (C=O) groups is 1. The Kier molecular flexibility index (Phi) is 4.49. The number of aryl methyl sites for hydroxylation is 2. The van der Waals surface area contributed by atoms with Gasteiger partial charge in [0.1, 0.15) is 0 Å². The van der Waals surface area contributed by atoms with Gasteiger partial charge in [-0.15, -0.1) is 0 Å². The molecule has 0 unspecified atom stereocenters. The molecule has 1 atom stereocenters. The Hall–Kier alpha value is -2.09. The maximum Gasteiger partial charge on any atom is 0.329 e. The van der Waals surface area contributed by atoms with Crippen LogP contribution in [0.2, 0.25) is 0 Å². The first kappa shape index (κ1) is 16.8. The van der Waals surface area contributed by atoms with Gasteiger partial charge in [-0.2, -0.15) is 0 Å². The summed E-state index contributed by atoms with van der Waals surface area (Å²) in [4.78, 5) is 24.6. The Balaban J connectivity index is 1.71. The monoisotopic (exact) mass is 351 g/mol. The van der Waals surface area contributed by atoms with E-state index in [-0.39, 0.29) is 42.1 Å². The molecule has 8 heteroatoms. The number of amides is 1. The van der Waals surface area contributed by atoms with Gasteiger partial charge in [-0.1, -0.05) is 12.1 Å². The molecule has 1 aromatic heterocycles. The molecule has 3 rings (SSSR count). The molecule has 1 amide bonds. The molecule has 0 bridgehead atoms. The highest BCUT2D eigenvalue weighted by atomic mass is 32.2. The number of nitrogens with zero attached hydrogens (tertiary/aromatic N) is 2. The average molecular weight is 351 g/mol. The second kappa shape index (κ2) is 6.43. The molecular weight excluding hydrogens is 330 g/mol. The van der Waals surface area contributed by atoms with Crippen LogP contribution in [0.15, 0.2) is 29.1 Å². The predicted molar refractivity (Wildman–Crippen MR) is 91.7 cm³/mol. The fraction of sp³-hybridized carbons (Fsp3) is 0.500. The van der Waals surface area contributed by atoms with Crippen LogP contribution in [-0.4, -0.2) is 41.0 Å². The van der Waals surface area contributed by atoms with Crippen LogP contribution in [0.1, 0.15) is 19.8 Å². The zero-order valence-corrected chi connectivity index (χ0v) is 14.4. The van der Waals surface area contributed by atoms with Crippen molar-refractivity contribution in [3.8, 4) is 0 Å². The molecule has 0 spiro atoms. The lowest BCUT2D eigenvalue weighted by Gasteiger charge is -2.11. The van der Waals surface area contributed by atoms with Gasteiger partial charge in [0, 0.05) is 25.6 Å². The number of para-hydroxylation sites is 2. The minimum absolute atomic E-state index is 0.00777. The van der Waals surface area contributed by atoms with Gasteiger partial charge in [-0.3, -0.25) is 13.9 Å². The summed E-state index contributed by atoms with van der Waals surface area (Å²) < 4.78 is 26.1.